The van der Waals surface area contributed by atoms with Gasteiger partial charge < -0.3 is 9.47 Å². The van der Waals surface area contributed by atoms with Gasteiger partial charge in [-0.05, 0) is 41.5 Å². The molecule has 2 amide bonds. The first-order valence-electron chi connectivity index (χ1n) is 9.77. The average molecular weight is 424 g/mol. The summed E-state index contributed by atoms with van der Waals surface area (Å²) in [5.74, 6) is -1.04. The molecular weight excluding hydrogens is 392 g/mol. The third-order valence-electron chi connectivity index (χ3n) is 3.55. The quantitative estimate of drug-likeness (QED) is 0.470. The molecule has 10 nitrogen and oxygen atoms in total. The summed E-state index contributed by atoms with van der Waals surface area (Å²) in [6.07, 6.45) is -2.06. The fourth-order valence-corrected chi connectivity index (χ4v) is 2.42. The molecule has 0 aliphatic rings. The van der Waals surface area contributed by atoms with Crippen LogP contribution in [0.25, 0.3) is 0 Å². The third kappa shape index (κ3) is 6.64. The Labute approximate surface area is 177 Å². The van der Waals surface area contributed by atoms with E-state index in [-0.39, 0.29) is 34.9 Å². The fourth-order valence-electron chi connectivity index (χ4n) is 2.42. The average Bonchev–Trinajstić information content (AvgIpc) is 2.50. The summed E-state index contributed by atoms with van der Waals surface area (Å²) in [7, 11) is 0. The normalized spacial score (nSPS) is 12.1. The highest BCUT2D eigenvalue weighted by Crippen LogP contribution is 2.34. The van der Waals surface area contributed by atoms with Crippen molar-refractivity contribution >= 4 is 23.8 Å². The van der Waals surface area contributed by atoms with Crippen LogP contribution in [0.1, 0.15) is 92.5 Å². The number of hydrogen-bond donors (Lipinski definition) is 0. The van der Waals surface area contributed by atoms with E-state index >= 15 is 0 Å². The second kappa shape index (κ2) is 8.93. The van der Waals surface area contributed by atoms with Crippen molar-refractivity contribution in [3.05, 3.63) is 21.5 Å². The van der Waals surface area contributed by atoms with Gasteiger partial charge in [-0.2, -0.15) is 0 Å². The zero-order chi connectivity index (χ0) is 23.6. The standard InChI is InChI=1S/C20H32N4O6/c1-11(2)13-15(24(27)28)14(12(3)4)22-16(21-13)23(17(25)29-19(5,6)7)18(26)30-20(8,9)10/h11-12H,1-10H3. The molecule has 1 rings (SSSR count). The van der Waals surface area contributed by atoms with Gasteiger partial charge in [-0.1, -0.05) is 27.7 Å². The van der Waals surface area contributed by atoms with Gasteiger partial charge in [0.05, 0.1) is 4.92 Å². The Morgan fingerprint density at radius 2 is 1.20 bits per heavy atom. The summed E-state index contributed by atoms with van der Waals surface area (Å²) >= 11 is 0. The van der Waals surface area contributed by atoms with Crippen molar-refractivity contribution in [3.8, 4) is 0 Å². The summed E-state index contributed by atoms with van der Waals surface area (Å²) in [6, 6.07) is 0. The predicted molar refractivity (Wildman–Crippen MR) is 112 cm³/mol. The van der Waals surface area contributed by atoms with Crippen LogP contribution in [0.5, 0.6) is 0 Å². The van der Waals surface area contributed by atoms with Crippen LogP contribution in [-0.2, 0) is 9.47 Å². The second-order valence-electron chi connectivity index (χ2n) is 9.51. The molecule has 0 aliphatic heterocycles. The Morgan fingerprint density at radius 3 is 1.43 bits per heavy atom. The molecule has 0 N–H and O–H groups in total. The molecule has 0 unspecified atom stereocenters. The number of nitro groups is 1. The molecule has 0 bridgehead atoms. The Hall–Kier alpha value is -2.78. The van der Waals surface area contributed by atoms with Crippen LogP contribution in [0.15, 0.2) is 0 Å². The van der Waals surface area contributed by atoms with Gasteiger partial charge in [0.1, 0.15) is 22.6 Å². The van der Waals surface area contributed by atoms with Gasteiger partial charge in [0.15, 0.2) is 0 Å². The Kier molecular flexibility index (Phi) is 7.52. The largest absolute Gasteiger partial charge is 0.443 e. The SMILES string of the molecule is CC(C)c1nc(N(C(=O)OC(C)(C)C)C(=O)OC(C)(C)C)nc(C(C)C)c1[N+](=O)[O-]. The molecule has 0 radical (unpaired) electrons. The van der Waals surface area contributed by atoms with E-state index < -0.39 is 28.3 Å². The number of nitrogens with zero attached hydrogens (tertiary/aromatic N) is 4. The minimum absolute atomic E-state index is 0.116. The number of amides is 2. The molecule has 30 heavy (non-hydrogen) atoms. The van der Waals surface area contributed by atoms with Crippen molar-refractivity contribution in [1.82, 2.24) is 9.97 Å². The Balaban J connectivity index is 3.75. The van der Waals surface area contributed by atoms with Gasteiger partial charge >= 0.3 is 17.9 Å². The first-order chi connectivity index (χ1) is 13.4. The number of aromatic nitrogens is 2. The van der Waals surface area contributed by atoms with Crippen LogP contribution in [0.4, 0.5) is 21.2 Å². The van der Waals surface area contributed by atoms with E-state index in [1.54, 1.807) is 69.2 Å². The molecule has 1 heterocycles. The first-order valence-corrected chi connectivity index (χ1v) is 9.77. The number of rotatable bonds is 4. The van der Waals surface area contributed by atoms with E-state index in [0.717, 1.165) is 0 Å². The maximum Gasteiger partial charge on any atom is 0.427 e. The molecule has 0 atom stereocenters. The molecule has 0 saturated heterocycles. The van der Waals surface area contributed by atoms with Crippen LogP contribution in [0.2, 0.25) is 0 Å². The van der Waals surface area contributed by atoms with E-state index in [4.69, 9.17) is 9.47 Å². The Morgan fingerprint density at radius 1 is 0.867 bits per heavy atom. The smallest absolute Gasteiger partial charge is 0.427 e. The molecule has 168 valence electrons. The van der Waals surface area contributed by atoms with Gasteiger partial charge in [-0.15, -0.1) is 4.90 Å². The minimum atomic E-state index is -1.03. The van der Waals surface area contributed by atoms with Crippen LogP contribution in [0.3, 0.4) is 0 Å². The lowest BCUT2D eigenvalue weighted by atomic mass is 10.0. The Bertz CT molecular complexity index is 765. The van der Waals surface area contributed by atoms with Crippen LogP contribution in [-0.4, -0.2) is 38.3 Å². The number of imide groups is 1. The predicted octanol–water partition coefficient (Wildman–Crippen LogP) is 5.31. The van der Waals surface area contributed by atoms with E-state index in [2.05, 4.69) is 9.97 Å². The van der Waals surface area contributed by atoms with Crippen molar-refractivity contribution in [2.24, 2.45) is 0 Å². The minimum Gasteiger partial charge on any atom is -0.443 e. The van der Waals surface area contributed by atoms with E-state index in [0.29, 0.717) is 4.90 Å². The summed E-state index contributed by atoms with van der Waals surface area (Å²) in [5, 5.41) is 11.7. The molecule has 0 fully saturated rings. The zero-order valence-corrected chi connectivity index (χ0v) is 19.4. The highest BCUT2D eigenvalue weighted by molar-refractivity contribution is 6.08. The lowest BCUT2D eigenvalue weighted by Gasteiger charge is -2.28. The fraction of sp³-hybridized carbons (Fsp3) is 0.700. The summed E-state index contributed by atoms with van der Waals surface area (Å²) < 4.78 is 10.7. The number of hydrogen-bond acceptors (Lipinski definition) is 8. The molecule has 1 aromatic heterocycles. The molecular formula is C20H32N4O6. The summed E-state index contributed by atoms with van der Waals surface area (Å²) in [4.78, 5) is 45.9. The van der Waals surface area contributed by atoms with Crippen molar-refractivity contribution in [1.29, 1.82) is 0 Å². The van der Waals surface area contributed by atoms with E-state index in [1.165, 1.54) is 0 Å². The number of carbonyl (C=O) groups excluding carboxylic acids is 2. The monoisotopic (exact) mass is 424 g/mol. The van der Waals surface area contributed by atoms with Gasteiger partial charge in [0.2, 0.25) is 5.95 Å². The topological polar surface area (TPSA) is 125 Å². The molecule has 0 saturated carbocycles. The van der Waals surface area contributed by atoms with Crippen molar-refractivity contribution in [2.45, 2.75) is 92.3 Å². The van der Waals surface area contributed by atoms with Crippen molar-refractivity contribution in [2.75, 3.05) is 4.90 Å². The lowest BCUT2D eigenvalue weighted by Crippen LogP contribution is -2.45. The van der Waals surface area contributed by atoms with Crippen molar-refractivity contribution in [3.63, 3.8) is 0 Å². The maximum absolute atomic E-state index is 12.9. The highest BCUT2D eigenvalue weighted by Gasteiger charge is 2.37. The summed E-state index contributed by atoms with van der Waals surface area (Å²) in [5.41, 5.74) is -1.80. The second-order valence-corrected chi connectivity index (χ2v) is 9.51. The van der Waals surface area contributed by atoms with Crippen LogP contribution < -0.4 is 4.90 Å². The maximum atomic E-state index is 12.9. The van der Waals surface area contributed by atoms with Gasteiger partial charge in [0, 0.05) is 11.8 Å². The van der Waals surface area contributed by atoms with E-state index in [9.17, 15) is 19.7 Å². The molecule has 0 spiro atoms. The molecule has 10 heteroatoms. The molecule has 1 aromatic rings. The van der Waals surface area contributed by atoms with Gasteiger partial charge in [0.25, 0.3) is 0 Å². The van der Waals surface area contributed by atoms with Crippen LogP contribution >= 0.6 is 0 Å². The van der Waals surface area contributed by atoms with Gasteiger partial charge in [-0.25, -0.2) is 19.6 Å². The van der Waals surface area contributed by atoms with Crippen LogP contribution in [0, 0.1) is 10.1 Å². The number of anilines is 1. The molecule has 0 aromatic carbocycles. The number of carbonyl (C=O) groups is 2. The number of ether oxygens (including phenoxy) is 2. The first kappa shape index (κ1) is 25.3. The summed E-state index contributed by atoms with van der Waals surface area (Å²) in [6.45, 7) is 16.8. The highest BCUT2D eigenvalue weighted by atomic mass is 16.6. The van der Waals surface area contributed by atoms with Gasteiger partial charge in [-0.3, -0.25) is 10.1 Å². The molecule has 0 aliphatic carbocycles. The lowest BCUT2D eigenvalue weighted by molar-refractivity contribution is -0.387. The van der Waals surface area contributed by atoms with Crippen molar-refractivity contribution < 1.29 is 24.0 Å². The zero-order valence-electron chi connectivity index (χ0n) is 19.4. The third-order valence-corrected chi connectivity index (χ3v) is 3.55. The van der Waals surface area contributed by atoms with E-state index in [1.807, 2.05) is 0 Å².